The first-order chi connectivity index (χ1) is 8.13. The summed E-state index contributed by atoms with van der Waals surface area (Å²) in [7, 11) is 1.85. The first-order valence-electron chi connectivity index (χ1n) is 5.37. The molecule has 0 bridgehead atoms. The smallest absolute Gasteiger partial charge is 0.231 e. The summed E-state index contributed by atoms with van der Waals surface area (Å²) in [6.07, 6.45) is 0. The Balaban J connectivity index is 2.79. The predicted octanol–water partition coefficient (Wildman–Crippen LogP) is -0.0861. The maximum absolute atomic E-state index is 10.8. The van der Waals surface area contributed by atoms with E-state index in [1.54, 1.807) is 0 Å². The van der Waals surface area contributed by atoms with Crippen molar-refractivity contribution in [3.63, 3.8) is 0 Å². The van der Waals surface area contributed by atoms with E-state index < -0.39 is 0 Å². The molecule has 4 N–H and O–H groups in total. The Hall–Kier alpha value is -1.83. The van der Waals surface area contributed by atoms with E-state index in [1.165, 1.54) is 0 Å². The normalized spacial score (nSPS) is 9.82. The van der Waals surface area contributed by atoms with Crippen LogP contribution in [0.3, 0.4) is 0 Å². The van der Waals surface area contributed by atoms with Crippen LogP contribution >= 0.6 is 0 Å². The van der Waals surface area contributed by atoms with Crippen molar-refractivity contribution in [2.75, 3.05) is 20.1 Å². The molecule has 0 unspecified atom stereocenters. The number of carbonyl (C=O) groups is 1. The van der Waals surface area contributed by atoms with E-state index in [1.807, 2.05) is 36.2 Å². The van der Waals surface area contributed by atoms with E-state index in [9.17, 15) is 4.79 Å². The van der Waals surface area contributed by atoms with Gasteiger partial charge in [-0.1, -0.05) is 30.0 Å². The third-order valence-corrected chi connectivity index (χ3v) is 2.21. The van der Waals surface area contributed by atoms with Crippen LogP contribution in [0.4, 0.5) is 0 Å². The van der Waals surface area contributed by atoms with E-state index in [-0.39, 0.29) is 12.5 Å². The summed E-state index contributed by atoms with van der Waals surface area (Å²) in [5.41, 5.74) is 12.5. The van der Waals surface area contributed by atoms with Crippen LogP contribution in [0.25, 0.3) is 0 Å². The van der Waals surface area contributed by atoms with Gasteiger partial charge in [-0.05, 0) is 18.7 Å². The number of primary amides is 1. The summed E-state index contributed by atoms with van der Waals surface area (Å²) in [6.45, 7) is 1.21. The molecule has 1 rings (SSSR count). The standard InChI is InChI=1S/C13H17N3O/c1-16(10-13(15)17)9-12-6-3-2-5-11(12)7-4-8-14/h2-3,5-6H,8-10,14H2,1H3,(H2,15,17). The molecule has 17 heavy (non-hydrogen) atoms. The van der Waals surface area contributed by atoms with Crippen LogP contribution in [-0.2, 0) is 11.3 Å². The van der Waals surface area contributed by atoms with Crippen LogP contribution in [0.1, 0.15) is 11.1 Å². The molecule has 90 valence electrons. The van der Waals surface area contributed by atoms with Crippen LogP contribution in [-0.4, -0.2) is 30.9 Å². The average molecular weight is 231 g/mol. The van der Waals surface area contributed by atoms with Crippen molar-refractivity contribution in [3.8, 4) is 11.8 Å². The molecular weight excluding hydrogens is 214 g/mol. The summed E-state index contributed by atoms with van der Waals surface area (Å²) >= 11 is 0. The Kier molecular flexibility index (Phi) is 5.21. The van der Waals surface area contributed by atoms with Crippen molar-refractivity contribution in [2.24, 2.45) is 11.5 Å². The lowest BCUT2D eigenvalue weighted by molar-refractivity contribution is -0.118. The van der Waals surface area contributed by atoms with Crippen LogP contribution in [0.15, 0.2) is 24.3 Å². The van der Waals surface area contributed by atoms with Crippen molar-refractivity contribution in [2.45, 2.75) is 6.54 Å². The molecule has 0 fully saturated rings. The number of carbonyl (C=O) groups excluding carboxylic acids is 1. The fraction of sp³-hybridized carbons (Fsp3) is 0.308. The second-order valence-electron chi connectivity index (χ2n) is 3.80. The quantitative estimate of drug-likeness (QED) is 0.712. The second kappa shape index (κ2) is 6.69. The van der Waals surface area contributed by atoms with Gasteiger partial charge >= 0.3 is 0 Å². The minimum atomic E-state index is -0.335. The van der Waals surface area contributed by atoms with Gasteiger partial charge in [0.15, 0.2) is 0 Å². The third-order valence-electron chi connectivity index (χ3n) is 2.21. The lowest BCUT2D eigenvalue weighted by Gasteiger charge is -2.15. The van der Waals surface area contributed by atoms with Gasteiger partial charge in [0.1, 0.15) is 0 Å². The monoisotopic (exact) mass is 231 g/mol. The largest absolute Gasteiger partial charge is 0.369 e. The lowest BCUT2D eigenvalue weighted by atomic mass is 10.1. The summed E-state index contributed by atoms with van der Waals surface area (Å²) in [4.78, 5) is 12.6. The van der Waals surface area contributed by atoms with Gasteiger partial charge in [-0.3, -0.25) is 9.69 Å². The van der Waals surface area contributed by atoms with Crippen LogP contribution < -0.4 is 11.5 Å². The zero-order valence-corrected chi connectivity index (χ0v) is 9.94. The Labute approximate surface area is 102 Å². The van der Waals surface area contributed by atoms with Gasteiger partial charge in [0.05, 0.1) is 13.1 Å². The minimum absolute atomic E-state index is 0.235. The van der Waals surface area contributed by atoms with Gasteiger partial charge in [0.25, 0.3) is 0 Å². The van der Waals surface area contributed by atoms with Crippen molar-refractivity contribution in [1.82, 2.24) is 4.90 Å². The Morgan fingerprint density at radius 2 is 2.12 bits per heavy atom. The van der Waals surface area contributed by atoms with Gasteiger partial charge in [-0.2, -0.15) is 0 Å². The number of amides is 1. The molecule has 0 aromatic heterocycles. The average Bonchev–Trinajstić information content (AvgIpc) is 2.26. The lowest BCUT2D eigenvalue weighted by Crippen LogP contribution is -2.30. The number of hydrogen-bond donors (Lipinski definition) is 2. The minimum Gasteiger partial charge on any atom is -0.369 e. The topological polar surface area (TPSA) is 72.3 Å². The highest BCUT2D eigenvalue weighted by Crippen LogP contribution is 2.09. The zero-order valence-electron chi connectivity index (χ0n) is 9.94. The molecule has 4 nitrogen and oxygen atoms in total. The Morgan fingerprint density at radius 1 is 1.41 bits per heavy atom. The zero-order chi connectivity index (χ0) is 12.7. The maximum Gasteiger partial charge on any atom is 0.231 e. The van der Waals surface area contributed by atoms with Crippen LogP contribution in [0.2, 0.25) is 0 Å². The fourth-order valence-electron chi connectivity index (χ4n) is 1.54. The van der Waals surface area contributed by atoms with E-state index in [0.29, 0.717) is 13.1 Å². The van der Waals surface area contributed by atoms with Gasteiger partial charge in [-0.25, -0.2) is 0 Å². The molecule has 0 aliphatic carbocycles. The molecule has 1 aromatic rings. The molecule has 1 aromatic carbocycles. The molecule has 0 radical (unpaired) electrons. The Morgan fingerprint density at radius 3 is 2.76 bits per heavy atom. The molecule has 0 saturated heterocycles. The van der Waals surface area contributed by atoms with Gasteiger partial charge in [0, 0.05) is 12.1 Å². The predicted molar refractivity (Wildman–Crippen MR) is 67.9 cm³/mol. The molecular formula is C13H17N3O. The van der Waals surface area contributed by atoms with Crippen molar-refractivity contribution < 1.29 is 4.79 Å². The van der Waals surface area contributed by atoms with Crippen molar-refractivity contribution in [1.29, 1.82) is 0 Å². The third kappa shape index (κ3) is 4.68. The fourth-order valence-corrected chi connectivity index (χ4v) is 1.54. The molecule has 4 heteroatoms. The van der Waals surface area contributed by atoms with Gasteiger partial charge in [-0.15, -0.1) is 0 Å². The van der Waals surface area contributed by atoms with Crippen molar-refractivity contribution >= 4 is 5.91 Å². The highest BCUT2D eigenvalue weighted by molar-refractivity contribution is 5.75. The molecule has 0 aliphatic rings. The Bertz CT molecular complexity index is 445. The van der Waals surface area contributed by atoms with E-state index in [0.717, 1.165) is 11.1 Å². The summed E-state index contributed by atoms with van der Waals surface area (Å²) in [5.74, 6) is 5.51. The van der Waals surface area contributed by atoms with E-state index >= 15 is 0 Å². The molecule has 1 amide bonds. The van der Waals surface area contributed by atoms with Crippen LogP contribution in [0, 0.1) is 11.8 Å². The number of benzene rings is 1. The molecule has 0 spiro atoms. The SMILES string of the molecule is CN(CC(N)=O)Cc1ccccc1C#CCN. The highest BCUT2D eigenvalue weighted by atomic mass is 16.1. The molecule has 0 heterocycles. The summed E-state index contributed by atoms with van der Waals surface area (Å²) < 4.78 is 0. The van der Waals surface area contributed by atoms with E-state index in [4.69, 9.17) is 11.5 Å². The molecule has 0 atom stereocenters. The van der Waals surface area contributed by atoms with Gasteiger partial charge in [0.2, 0.25) is 5.91 Å². The van der Waals surface area contributed by atoms with Gasteiger partial charge < -0.3 is 11.5 Å². The molecule has 0 aliphatic heterocycles. The molecule has 0 saturated carbocycles. The highest BCUT2D eigenvalue weighted by Gasteiger charge is 2.05. The number of likely N-dealkylation sites (N-methyl/N-ethyl adjacent to an activating group) is 1. The number of nitrogens with zero attached hydrogens (tertiary/aromatic N) is 1. The first kappa shape index (κ1) is 13.2. The summed E-state index contributed by atoms with van der Waals surface area (Å²) in [6, 6.07) is 7.80. The number of nitrogens with two attached hydrogens (primary N) is 2. The first-order valence-corrected chi connectivity index (χ1v) is 5.37. The van der Waals surface area contributed by atoms with Crippen molar-refractivity contribution in [3.05, 3.63) is 35.4 Å². The van der Waals surface area contributed by atoms with E-state index in [2.05, 4.69) is 11.8 Å². The second-order valence-corrected chi connectivity index (χ2v) is 3.80. The maximum atomic E-state index is 10.8. The van der Waals surface area contributed by atoms with Crippen LogP contribution in [0.5, 0.6) is 0 Å². The number of hydrogen-bond acceptors (Lipinski definition) is 3. The number of rotatable bonds is 4. The summed E-state index contributed by atoms with van der Waals surface area (Å²) in [5, 5.41) is 0.